The lowest BCUT2D eigenvalue weighted by Crippen LogP contribution is -2.53. The maximum Gasteiger partial charge on any atom is 0.194 e. The van der Waals surface area contributed by atoms with Crippen LogP contribution in [0.1, 0.15) is 47.5 Å². The summed E-state index contributed by atoms with van der Waals surface area (Å²) in [6.45, 7) is 17.4. The Labute approximate surface area is 136 Å². The van der Waals surface area contributed by atoms with E-state index in [0.717, 1.165) is 57.4 Å². The summed E-state index contributed by atoms with van der Waals surface area (Å²) >= 11 is 0. The Bertz CT molecular complexity index is 332. The van der Waals surface area contributed by atoms with Crippen molar-refractivity contribution in [2.45, 2.75) is 53.1 Å². The molecule has 1 fully saturated rings. The first-order valence-electron chi connectivity index (χ1n) is 8.92. The molecular weight excluding hydrogens is 276 g/mol. The van der Waals surface area contributed by atoms with Crippen LogP contribution in [0.3, 0.4) is 0 Å². The Balaban J connectivity index is 2.60. The summed E-state index contributed by atoms with van der Waals surface area (Å²) in [7, 11) is 0. The minimum Gasteiger partial charge on any atom is -0.388 e. The van der Waals surface area contributed by atoms with Crippen molar-refractivity contribution in [3.05, 3.63) is 0 Å². The van der Waals surface area contributed by atoms with Crippen molar-refractivity contribution in [1.29, 1.82) is 0 Å². The molecule has 0 saturated carbocycles. The number of nitrogens with one attached hydrogen (secondary N) is 1. The molecule has 0 aromatic rings. The van der Waals surface area contributed by atoms with E-state index < -0.39 is 5.60 Å². The molecule has 1 aliphatic rings. The fraction of sp³-hybridized carbons (Fsp3) is 0.941. The number of guanidine groups is 1. The first-order chi connectivity index (χ1) is 10.4. The van der Waals surface area contributed by atoms with Crippen LogP contribution in [0.4, 0.5) is 0 Å². The van der Waals surface area contributed by atoms with Gasteiger partial charge in [0.1, 0.15) is 0 Å². The zero-order chi connectivity index (χ0) is 16.6. The van der Waals surface area contributed by atoms with Crippen LogP contribution >= 0.6 is 0 Å². The number of hydrogen-bond donors (Lipinski definition) is 2. The van der Waals surface area contributed by atoms with Crippen molar-refractivity contribution in [3.63, 3.8) is 0 Å². The van der Waals surface area contributed by atoms with Crippen LogP contribution < -0.4 is 5.32 Å². The maximum absolute atomic E-state index is 10.4. The third kappa shape index (κ3) is 6.13. The first-order valence-corrected chi connectivity index (χ1v) is 8.92. The molecule has 0 radical (unpaired) electrons. The van der Waals surface area contributed by atoms with Gasteiger partial charge in [-0.15, -0.1) is 0 Å². The molecule has 0 aromatic carbocycles. The first kappa shape index (κ1) is 19.2. The molecule has 2 N–H and O–H groups in total. The molecular formula is C17H36N4O. The number of hydrogen-bond acceptors (Lipinski definition) is 3. The van der Waals surface area contributed by atoms with E-state index in [9.17, 15) is 5.11 Å². The standard InChI is InChI=1S/C17H36N4O/c1-6-17(22,7-2)14-19-16(18-8-3)21-11-9-20(10-12-21)13-15(4)5/h15,22H,6-14H2,1-5H3,(H,18,19). The zero-order valence-electron chi connectivity index (χ0n) is 15.2. The molecule has 0 spiro atoms. The SMILES string of the molecule is CCNC(=NCC(O)(CC)CC)N1CCN(CC(C)C)CC1. The Morgan fingerprint density at radius 3 is 2.18 bits per heavy atom. The topological polar surface area (TPSA) is 51.1 Å². The van der Waals surface area contributed by atoms with Gasteiger partial charge >= 0.3 is 0 Å². The molecule has 5 nitrogen and oxygen atoms in total. The van der Waals surface area contributed by atoms with Crippen LogP contribution in [0.2, 0.25) is 0 Å². The van der Waals surface area contributed by atoms with Crippen molar-refractivity contribution in [1.82, 2.24) is 15.1 Å². The molecule has 0 aromatic heterocycles. The summed E-state index contributed by atoms with van der Waals surface area (Å²) in [6, 6.07) is 0. The minimum absolute atomic E-state index is 0.481. The molecule has 22 heavy (non-hydrogen) atoms. The molecule has 0 aliphatic carbocycles. The van der Waals surface area contributed by atoms with Gasteiger partial charge in [0.05, 0.1) is 12.1 Å². The highest BCUT2D eigenvalue weighted by molar-refractivity contribution is 5.80. The summed E-state index contributed by atoms with van der Waals surface area (Å²) in [5, 5.41) is 13.8. The molecule has 0 unspecified atom stereocenters. The molecule has 130 valence electrons. The average Bonchev–Trinajstić information content (AvgIpc) is 2.51. The fourth-order valence-electron chi connectivity index (χ4n) is 2.78. The normalized spacial score (nSPS) is 18.1. The van der Waals surface area contributed by atoms with Gasteiger partial charge in [-0.25, -0.2) is 0 Å². The van der Waals surface area contributed by atoms with Crippen LogP contribution in [-0.4, -0.2) is 72.3 Å². The monoisotopic (exact) mass is 312 g/mol. The molecule has 5 heteroatoms. The lowest BCUT2D eigenvalue weighted by molar-refractivity contribution is 0.0414. The van der Waals surface area contributed by atoms with E-state index in [0.29, 0.717) is 6.54 Å². The van der Waals surface area contributed by atoms with Crippen LogP contribution in [0.5, 0.6) is 0 Å². The highest BCUT2D eigenvalue weighted by Gasteiger charge is 2.24. The van der Waals surface area contributed by atoms with E-state index in [1.54, 1.807) is 0 Å². The fourth-order valence-corrected chi connectivity index (χ4v) is 2.78. The van der Waals surface area contributed by atoms with Crippen LogP contribution in [-0.2, 0) is 0 Å². The summed E-state index contributed by atoms with van der Waals surface area (Å²) in [4.78, 5) is 9.55. The van der Waals surface area contributed by atoms with Crippen molar-refractivity contribution in [2.24, 2.45) is 10.9 Å². The summed E-state index contributed by atoms with van der Waals surface area (Å²) in [5.74, 6) is 1.67. The lowest BCUT2D eigenvalue weighted by atomic mass is 9.98. The second-order valence-electron chi connectivity index (χ2n) is 6.78. The maximum atomic E-state index is 10.4. The molecule has 0 amide bonds. The van der Waals surface area contributed by atoms with E-state index >= 15 is 0 Å². The van der Waals surface area contributed by atoms with Gasteiger partial charge in [-0.2, -0.15) is 0 Å². The van der Waals surface area contributed by atoms with E-state index in [4.69, 9.17) is 4.99 Å². The second-order valence-corrected chi connectivity index (χ2v) is 6.78. The molecule has 1 aliphatic heterocycles. The average molecular weight is 313 g/mol. The number of nitrogens with zero attached hydrogens (tertiary/aromatic N) is 3. The molecule has 0 bridgehead atoms. The Morgan fingerprint density at radius 2 is 1.73 bits per heavy atom. The quantitative estimate of drug-likeness (QED) is 0.556. The third-order valence-electron chi connectivity index (χ3n) is 4.47. The van der Waals surface area contributed by atoms with Gasteiger partial charge in [-0.3, -0.25) is 9.89 Å². The Hall–Kier alpha value is -0.810. The number of aliphatic hydroxyl groups is 1. The van der Waals surface area contributed by atoms with E-state index in [1.165, 1.54) is 6.54 Å². The largest absolute Gasteiger partial charge is 0.388 e. The Kier molecular flexibility index (Phi) is 8.18. The number of piperazine rings is 1. The van der Waals surface area contributed by atoms with Gasteiger partial charge in [-0.1, -0.05) is 27.7 Å². The van der Waals surface area contributed by atoms with E-state index in [-0.39, 0.29) is 0 Å². The lowest BCUT2D eigenvalue weighted by Gasteiger charge is -2.37. The van der Waals surface area contributed by atoms with Crippen LogP contribution in [0, 0.1) is 5.92 Å². The predicted octanol–water partition coefficient (Wildman–Crippen LogP) is 1.78. The Morgan fingerprint density at radius 1 is 1.14 bits per heavy atom. The van der Waals surface area contributed by atoms with Gasteiger partial charge in [0.2, 0.25) is 0 Å². The van der Waals surface area contributed by atoms with Gasteiger partial charge in [0.15, 0.2) is 5.96 Å². The highest BCUT2D eigenvalue weighted by Crippen LogP contribution is 2.15. The van der Waals surface area contributed by atoms with Crippen LogP contribution in [0.25, 0.3) is 0 Å². The van der Waals surface area contributed by atoms with Crippen molar-refractivity contribution < 1.29 is 5.11 Å². The molecule has 0 atom stereocenters. The summed E-state index contributed by atoms with van der Waals surface area (Å²) < 4.78 is 0. The van der Waals surface area contributed by atoms with Gasteiger partial charge in [0, 0.05) is 39.3 Å². The second kappa shape index (κ2) is 9.36. The number of aliphatic imine (C=N–C) groups is 1. The van der Waals surface area contributed by atoms with Crippen molar-refractivity contribution in [2.75, 3.05) is 45.8 Å². The molecule has 1 rings (SSSR count). The number of rotatable bonds is 7. The van der Waals surface area contributed by atoms with Gasteiger partial charge < -0.3 is 15.3 Å². The predicted molar refractivity (Wildman–Crippen MR) is 94.4 cm³/mol. The van der Waals surface area contributed by atoms with Crippen molar-refractivity contribution >= 4 is 5.96 Å². The van der Waals surface area contributed by atoms with Crippen LogP contribution in [0.15, 0.2) is 4.99 Å². The highest BCUT2D eigenvalue weighted by atomic mass is 16.3. The van der Waals surface area contributed by atoms with E-state index in [2.05, 4.69) is 35.9 Å². The van der Waals surface area contributed by atoms with Gasteiger partial charge in [0.25, 0.3) is 0 Å². The molecule has 1 heterocycles. The summed E-state index contributed by atoms with van der Waals surface area (Å²) in [6.07, 6.45) is 1.49. The smallest absolute Gasteiger partial charge is 0.194 e. The third-order valence-corrected chi connectivity index (χ3v) is 4.47. The zero-order valence-corrected chi connectivity index (χ0v) is 15.2. The summed E-state index contributed by atoms with van der Waals surface area (Å²) in [5.41, 5.74) is -0.667. The molecule has 1 saturated heterocycles. The minimum atomic E-state index is -0.667. The van der Waals surface area contributed by atoms with Gasteiger partial charge in [-0.05, 0) is 25.7 Å². The van der Waals surface area contributed by atoms with Crippen molar-refractivity contribution in [3.8, 4) is 0 Å². The van der Waals surface area contributed by atoms with E-state index in [1.807, 2.05) is 13.8 Å².